The van der Waals surface area contributed by atoms with Gasteiger partial charge in [0.05, 0.1) is 12.1 Å². The molecule has 0 heterocycles. The number of methoxy groups -OCH3 is 1. The Morgan fingerprint density at radius 3 is 2.92 bits per heavy atom. The van der Waals surface area contributed by atoms with Crippen LogP contribution in [0.5, 0.6) is 5.75 Å². The Labute approximate surface area is 82.1 Å². The molecule has 0 spiro atoms. The molecular weight excluding hydrogens is 188 g/mol. The number of aliphatic hydroxyl groups is 1. The van der Waals surface area contributed by atoms with Gasteiger partial charge in [0.2, 0.25) is 0 Å². The minimum absolute atomic E-state index is 0.148. The quantitative estimate of drug-likeness (QED) is 0.693. The summed E-state index contributed by atoms with van der Waals surface area (Å²) in [5.74, 6) is 5.89. The molecule has 0 saturated heterocycles. The molecule has 68 valence electrons. The topological polar surface area (TPSA) is 29.5 Å². The summed E-state index contributed by atoms with van der Waals surface area (Å²) >= 11 is 5.81. The number of hydrogen-bond acceptors (Lipinski definition) is 2. The summed E-state index contributed by atoms with van der Waals surface area (Å²) in [6.07, 6.45) is 0. The third-order valence-corrected chi connectivity index (χ3v) is 1.78. The van der Waals surface area contributed by atoms with Gasteiger partial charge in [-0.25, -0.2) is 0 Å². The molecule has 0 aliphatic carbocycles. The Balaban J connectivity index is 2.99. The van der Waals surface area contributed by atoms with Crippen molar-refractivity contribution in [2.75, 3.05) is 13.7 Å². The van der Waals surface area contributed by atoms with Crippen molar-refractivity contribution < 1.29 is 9.84 Å². The zero-order valence-corrected chi connectivity index (χ0v) is 7.93. The third-order valence-electron chi connectivity index (χ3n) is 1.46. The predicted molar refractivity (Wildman–Crippen MR) is 52.0 cm³/mol. The number of aliphatic hydroxyl groups excluding tert-OH is 1. The minimum atomic E-state index is -0.148. The van der Waals surface area contributed by atoms with E-state index in [0.29, 0.717) is 10.8 Å². The van der Waals surface area contributed by atoms with E-state index in [0.717, 1.165) is 5.56 Å². The van der Waals surface area contributed by atoms with Gasteiger partial charge < -0.3 is 9.84 Å². The number of halogens is 1. The van der Waals surface area contributed by atoms with E-state index < -0.39 is 0 Å². The van der Waals surface area contributed by atoms with E-state index in [-0.39, 0.29) is 6.61 Å². The van der Waals surface area contributed by atoms with Crippen molar-refractivity contribution in [2.24, 2.45) is 0 Å². The largest absolute Gasteiger partial charge is 0.495 e. The van der Waals surface area contributed by atoms with Gasteiger partial charge in [-0.15, -0.1) is 0 Å². The molecule has 0 aliphatic rings. The van der Waals surface area contributed by atoms with Crippen LogP contribution in [0.4, 0.5) is 0 Å². The number of hydrogen-bond donors (Lipinski definition) is 1. The summed E-state index contributed by atoms with van der Waals surface area (Å²) in [5, 5.41) is 9.03. The van der Waals surface area contributed by atoms with Crippen molar-refractivity contribution in [3.63, 3.8) is 0 Å². The van der Waals surface area contributed by atoms with Crippen LogP contribution in [-0.2, 0) is 0 Å². The van der Waals surface area contributed by atoms with Gasteiger partial charge in [-0.3, -0.25) is 0 Å². The predicted octanol–water partition coefficient (Wildman–Crippen LogP) is 1.69. The Bertz CT molecular complexity index is 350. The highest BCUT2D eigenvalue weighted by Gasteiger charge is 1.99. The van der Waals surface area contributed by atoms with Crippen LogP contribution in [0.2, 0.25) is 5.02 Å². The first kappa shape index (κ1) is 9.91. The molecule has 0 radical (unpaired) electrons. The van der Waals surface area contributed by atoms with E-state index in [2.05, 4.69) is 11.8 Å². The maximum atomic E-state index is 8.48. The van der Waals surface area contributed by atoms with Crippen molar-refractivity contribution in [3.8, 4) is 17.6 Å². The average molecular weight is 197 g/mol. The van der Waals surface area contributed by atoms with Crippen molar-refractivity contribution >= 4 is 11.6 Å². The third kappa shape index (κ3) is 2.66. The van der Waals surface area contributed by atoms with Crippen LogP contribution in [0.3, 0.4) is 0 Å². The van der Waals surface area contributed by atoms with Crippen molar-refractivity contribution in [3.05, 3.63) is 28.8 Å². The molecular formula is C10H9ClO2. The lowest BCUT2D eigenvalue weighted by molar-refractivity contribution is 0.350. The molecule has 0 bridgehead atoms. The van der Waals surface area contributed by atoms with Gasteiger partial charge in [-0.1, -0.05) is 23.4 Å². The first-order chi connectivity index (χ1) is 6.27. The van der Waals surface area contributed by atoms with Gasteiger partial charge in [0.1, 0.15) is 12.4 Å². The Morgan fingerprint density at radius 1 is 1.54 bits per heavy atom. The molecule has 3 heteroatoms. The zero-order chi connectivity index (χ0) is 9.68. The van der Waals surface area contributed by atoms with Crippen LogP contribution in [0.15, 0.2) is 18.2 Å². The SMILES string of the molecule is COc1cc(C#CCO)ccc1Cl. The summed E-state index contributed by atoms with van der Waals surface area (Å²) in [6.45, 7) is -0.148. The van der Waals surface area contributed by atoms with Crippen LogP contribution in [-0.4, -0.2) is 18.8 Å². The molecule has 0 aliphatic heterocycles. The smallest absolute Gasteiger partial charge is 0.138 e. The fourth-order valence-corrected chi connectivity index (χ4v) is 1.07. The molecule has 1 rings (SSSR count). The van der Waals surface area contributed by atoms with E-state index in [4.69, 9.17) is 21.4 Å². The van der Waals surface area contributed by atoms with E-state index in [9.17, 15) is 0 Å². The van der Waals surface area contributed by atoms with Crippen molar-refractivity contribution in [1.29, 1.82) is 0 Å². The second-order valence-electron chi connectivity index (χ2n) is 2.31. The monoisotopic (exact) mass is 196 g/mol. The molecule has 2 nitrogen and oxygen atoms in total. The molecule has 0 fully saturated rings. The molecule has 0 saturated carbocycles. The normalized spacial score (nSPS) is 8.85. The first-order valence-corrected chi connectivity index (χ1v) is 4.09. The highest BCUT2D eigenvalue weighted by atomic mass is 35.5. The van der Waals surface area contributed by atoms with Crippen molar-refractivity contribution in [1.82, 2.24) is 0 Å². The molecule has 1 aromatic carbocycles. The average Bonchev–Trinajstić information content (AvgIpc) is 2.16. The van der Waals surface area contributed by atoms with Gasteiger partial charge >= 0.3 is 0 Å². The van der Waals surface area contributed by atoms with Crippen LogP contribution in [0.1, 0.15) is 5.56 Å². The number of benzene rings is 1. The Hall–Kier alpha value is -1.17. The number of ether oxygens (including phenoxy) is 1. The molecule has 1 aromatic rings. The van der Waals surface area contributed by atoms with Gasteiger partial charge in [-0.2, -0.15) is 0 Å². The van der Waals surface area contributed by atoms with E-state index in [1.807, 2.05) is 0 Å². The second-order valence-corrected chi connectivity index (χ2v) is 2.72. The van der Waals surface area contributed by atoms with Crippen LogP contribution in [0, 0.1) is 11.8 Å². The Morgan fingerprint density at radius 2 is 2.31 bits per heavy atom. The molecule has 13 heavy (non-hydrogen) atoms. The summed E-state index contributed by atoms with van der Waals surface area (Å²) in [7, 11) is 1.55. The first-order valence-electron chi connectivity index (χ1n) is 3.71. The van der Waals surface area contributed by atoms with E-state index in [1.54, 1.807) is 25.3 Å². The van der Waals surface area contributed by atoms with Crippen LogP contribution in [0.25, 0.3) is 0 Å². The summed E-state index contributed by atoms with van der Waals surface area (Å²) in [4.78, 5) is 0. The van der Waals surface area contributed by atoms with E-state index in [1.165, 1.54) is 0 Å². The zero-order valence-electron chi connectivity index (χ0n) is 7.17. The van der Waals surface area contributed by atoms with Gasteiger partial charge in [0, 0.05) is 5.56 Å². The highest BCUT2D eigenvalue weighted by Crippen LogP contribution is 2.24. The maximum Gasteiger partial charge on any atom is 0.138 e. The van der Waals surface area contributed by atoms with Crippen LogP contribution >= 0.6 is 11.6 Å². The van der Waals surface area contributed by atoms with E-state index >= 15 is 0 Å². The highest BCUT2D eigenvalue weighted by molar-refractivity contribution is 6.32. The van der Waals surface area contributed by atoms with Crippen LogP contribution < -0.4 is 4.74 Å². The standard InChI is InChI=1S/C10H9ClO2/c1-13-10-7-8(3-2-6-12)4-5-9(10)11/h4-5,7,12H,6H2,1H3. The minimum Gasteiger partial charge on any atom is -0.495 e. The van der Waals surface area contributed by atoms with Crippen molar-refractivity contribution in [2.45, 2.75) is 0 Å². The maximum absolute atomic E-state index is 8.48. The second kappa shape index (κ2) is 4.76. The summed E-state index contributed by atoms with van der Waals surface area (Å²) in [6, 6.07) is 5.21. The molecule has 0 amide bonds. The molecule has 0 unspecified atom stereocenters. The fraction of sp³-hybridized carbons (Fsp3) is 0.200. The fourth-order valence-electron chi connectivity index (χ4n) is 0.879. The lowest BCUT2D eigenvalue weighted by Gasteiger charge is -2.01. The lowest BCUT2D eigenvalue weighted by Crippen LogP contribution is -1.85. The molecule has 0 atom stereocenters. The lowest BCUT2D eigenvalue weighted by atomic mass is 10.2. The molecule has 0 aromatic heterocycles. The van der Waals surface area contributed by atoms with Gasteiger partial charge in [-0.05, 0) is 18.2 Å². The van der Waals surface area contributed by atoms with Gasteiger partial charge in [0.25, 0.3) is 0 Å². The van der Waals surface area contributed by atoms with Gasteiger partial charge in [0.15, 0.2) is 0 Å². The number of rotatable bonds is 1. The summed E-state index contributed by atoms with van der Waals surface area (Å²) in [5.41, 5.74) is 0.773. The summed E-state index contributed by atoms with van der Waals surface area (Å²) < 4.78 is 5.00. The molecule has 1 N–H and O–H groups in total. The Kier molecular flexibility index (Phi) is 3.63.